The second-order valence-electron chi connectivity index (χ2n) is 6.45. The molecule has 0 aliphatic carbocycles. The minimum Gasteiger partial charge on any atom is -0.337 e. The van der Waals surface area contributed by atoms with E-state index in [1.807, 2.05) is 30.3 Å². The topological polar surface area (TPSA) is 62.8 Å². The van der Waals surface area contributed by atoms with Gasteiger partial charge in [0.25, 0.3) is 0 Å². The Labute approximate surface area is 162 Å². The summed E-state index contributed by atoms with van der Waals surface area (Å²) in [4.78, 5) is 8.14. The van der Waals surface area contributed by atoms with Crippen LogP contribution in [0.5, 0.6) is 0 Å². The van der Waals surface area contributed by atoms with Crippen molar-refractivity contribution in [1.82, 2.24) is 9.97 Å². The Kier molecular flexibility index (Phi) is 4.57. The van der Waals surface area contributed by atoms with Crippen LogP contribution in [0.3, 0.4) is 0 Å². The highest BCUT2D eigenvalue weighted by Crippen LogP contribution is 2.34. The molecule has 1 N–H and O–H groups in total. The number of H-pyrrole nitrogens is 1. The maximum absolute atomic E-state index is 14.5. The van der Waals surface area contributed by atoms with Crippen molar-refractivity contribution in [3.63, 3.8) is 0 Å². The van der Waals surface area contributed by atoms with Gasteiger partial charge in [0.2, 0.25) is 0 Å². The number of hydrogen-bond donors (Lipinski definition) is 1. The molecule has 0 bridgehead atoms. The van der Waals surface area contributed by atoms with E-state index in [4.69, 9.17) is 0 Å². The van der Waals surface area contributed by atoms with Crippen LogP contribution in [0.2, 0.25) is 0 Å². The van der Waals surface area contributed by atoms with E-state index in [-0.39, 0.29) is 10.7 Å². The van der Waals surface area contributed by atoms with Crippen molar-refractivity contribution in [2.75, 3.05) is 6.26 Å². The van der Waals surface area contributed by atoms with Crippen LogP contribution in [0.1, 0.15) is 0 Å². The number of sulfone groups is 1. The Morgan fingerprint density at radius 2 is 1.46 bits per heavy atom. The zero-order valence-electron chi connectivity index (χ0n) is 15.1. The van der Waals surface area contributed by atoms with E-state index in [0.29, 0.717) is 28.3 Å². The Bertz CT molecular complexity index is 1230. The third kappa shape index (κ3) is 3.46. The molecule has 0 fully saturated rings. The fourth-order valence-corrected chi connectivity index (χ4v) is 3.66. The third-order valence-corrected chi connectivity index (χ3v) is 5.58. The third-order valence-electron chi connectivity index (χ3n) is 4.45. The molecule has 0 saturated heterocycles. The molecule has 0 aliphatic heterocycles. The molecule has 0 aliphatic rings. The molecule has 4 nitrogen and oxygen atoms in total. The standard InChI is InChI=1S/C22H17FN2O2S/c1-28(26,27)17-13-11-15(12-14-17)20-21(18-9-5-6-10-19(18)23)25-22(24-20)16-7-3-2-4-8-16/h2-14H,1H3,(H,24,25). The number of imidazole rings is 1. The van der Waals surface area contributed by atoms with Gasteiger partial charge in [-0.3, -0.25) is 0 Å². The Morgan fingerprint density at radius 1 is 0.821 bits per heavy atom. The summed E-state index contributed by atoms with van der Waals surface area (Å²) in [5.74, 6) is 0.251. The lowest BCUT2D eigenvalue weighted by molar-refractivity contribution is 0.602. The quantitative estimate of drug-likeness (QED) is 0.534. The summed E-state index contributed by atoms with van der Waals surface area (Å²) in [6.07, 6.45) is 1.16. The summed E-state index contributed by atoms with van der Waals surface area (Å²) < 4.78 is 37.9. The first-order valence-corrected chi connectivity index (χ1v) is 10.5. The Morgan fingerprint density at radius 3 is 2.11 bits per heavy atom. The van der Waals surface area contributed by atoms with Crippen LogP contribution < -0.4 is 0 Å². The van der Waals surface area contributed by atoms with Crippen molar-refractivity contribution < 1.29 is 12.8 Å². The summed E-state index contributed by atoms with van der Waals surface area (Å²) >= 11 is 0. The number of aromatic nitrogens is 2. The van der Waals surface area contributed by atoms with E-state index < -0.39 is 9.84 Å². The summed E-state index contributed by atoms with van der Waals surface area (Å²) in [5, 5.41) is 0. The summed E-state index contributed by atoms with van der Waals surface area (Å²) in [6.45, 7) is 0. The van der Waals surface area contributed by atoms with Crippen molar-refractivity contribution in [2.45, 2.75) is 4.90 Å². The highest BCUT2D eigenvalue weighted by Gasteiger charge is 2.18. The van der Waals surface area contributed by atoms with Crippen LogP contribution in [0.15, 0.2) is 83.8 Å². The van der Waals surface area contributed by atoms with Crippen molar-refractivity contribution in [2.24, 2.45) is 0 Å². The maximum atomic E-state index is 14.5. The molecule has 1 aromatic heterocycles. The van der Waals surface area contributed by atoms with E-state index in [1.54, 1.807) is 30.3 Å². The fourth-order valence-electron chi connectivity index (χ4n) is 3.03. The molecule has 0 unspecified atom stereocenters. The molecule has 0 spiro atoms. The summed E-state index contributed by atoms with van der Waals surface area (Å²) in [5.41, 5.74) is 3.08. The molecule has 3 aromatic carbocycles. The van der Waals surface area contributed by atoms with Crippen LogP contribution in [0, 0.1) is 5.82 Å². The predicted octanol–water partition coefficient (Wildman–Crippen LogP) is 4.95. The summed E-state index contributed by atoms with van der Waals surface area (Å²) in [7, 11) is -3.30. The first-order chi connectivity index (χ1) is 13.4. The van der Waals surface area contributed by atoms with E-state index in [1.165, 1.54) is 18.2 Å². The van der Waals surface area contributed by atoms with Gasteiger partial charge in [0.1, 0.15) is 11.6 Å². The molecule has 140 valence electrons. The number of hydrogen-bond acceptors (Lipinski definition) is 3. The second-order valence-corrected chi connectivity index (χ2v) is 8.47. The number of halogens is 1. The van der Waals surface area contributed by atoms with Gasteiger partial charge in [-0.15, -0.1) is 0 Å². The van der Waals surface area contributed by atoms with Gasteiger partial charge in [0, 0.05) is 22.9 Å². The van der Waals surface area contributed by atoms with Gasteiger partial charge in [-0.2, -0.15) is 0 Å². The van der Waals surface area contributed by atoms with Gasteiger partial charge in [-0.25, -0.2) is 17.8 Å². The number of nitrogens with zero attached hydrogens (tertiary/aromatic N) is 1. The first kappa shape index (κ1) is 18.1. The minimum atomic E-state index is -3.30. The Balaban J connectivity index is 1.90. The monoisotopic (exact) mass is 392 g/mol. The van der Waals surface area contributed by atoms with Gasteiger partial charge in [-0.05, 0) is 24.3 Å². The average Bonchev–Trinajstić information content (AvgIpc) is 3.14. The molecule has 0 amide bonds. The minimum absolute atomic E-state index is 0.225. The molecule has 6 heteroatoms. The van der Waals surface area contributed by atoms with Gasteiger partial charge >= 0.3 is 0 Å². The van der Waals surface area contributed by atoms with Crippen LogP contribution in [0.4, 0.5) is 4.39 Å². The largest absolute Gasteiger partial charge is 0.337 e. The van der Waals surface area contributed by atoms with Gasteiger partial charge in [0.05, 0.1) is 16.3 Å². The highest BCUT2D eigenvalue weighted by atomic mass is 32.2. The maximum Gasteiger partial charge on any atom is 0.175 e. The molecule has 1 heterocycles. The fraction of sp³-hybridized carbons (Fsp3) is 0.0455. The zero-order valence-corrected chi connectivity index (χ0v) is 15.9. The van der Waals surface area contributed by atoms with E-state index in [0.717, 1.165) is 11.8 Å². The molecule has 0 saturated carbocycles. The lowest BCUT2D eigenvalue weighted by Crippen LogP contribution is -1.96. The molecule has 4 aromatic rings. The summed E-state index contributed by atoms with van der Waals surface area (Å²) in [6, 6.07) is 22.5. The van der Waals surface area contributed by atoms with E-state index in [2.05, 4.69) is 9.97 Å². The molecule has 0 atom stereocenters. The number of benzene rings is 3. The highest BCUT2D eigenvalue weighted by molar-refractivity contribution is 7.90. The van der Waals surface area contributed by atoms with Gasteiger partial charge in [0.15, 0.2) is 9.84 Å². The number of rotatable bonds is 4. The van der Waals surface area contributed by atoms with Crippen LogP contribution in [-0.4, -0.2) is 24.6 Å². The molecular formula is C22H17FN2O2S. The number of aromatic amines is 1. The molecule has 28 heavy (non-hydrogen) atoms. The van der Waals surface area contributed by atoms with E-state index >= 15 is 0 Å². The van der Waals surface area contributed by atoms with Gasteiger partial charge in [-0.1, -0.05) is 54.6 Å². The van der Waals surface area contributed by atoms with Crippen molar-refractivity contribution in [3.05, 3.63) is 84.7 Å². The molecular weight excluding hydrogens is 375 g/mol. The Hall–Kier alpha value is -3.25. The van der Waals surface area contributed by atoms with Crippen LogP contribution in [0.25, 0.3) is 33.9 Å². The van der Waals surface area contributed by atoms with Crippen LogP contribution >= 0.6 is 0 Å². The van der Waals surface area contributed by atoms with Crippen molar-refractivity contribution >= 4 is 9.84 Å². The molecule has 4 rings (SSSR count). The normalized spacial score (nSPS) is 11.5. The SMILES string of the molecule is CS(=O)(=O)c1ccc(-c2nc(-c3ccccc3)[nH]c2-c2ccccc2F)cc1. The average molecular weight is 392 g/mol. The second kappa shape index (κ2) is 7.05. The first-order valence-electron chi connectivity index (χ1n) is 8.64. The van der Waals surface area contributed by atoms with Gasteiger partial charge < -0.3 is 4.98 Å². The molecule has 0 radical (unpaired) electrons. The van der Waals surface area contributed by atoms with Crippen molar-refractivity contribution in [3.8, 4) is 33.9 Å². The smallest absolute Gasteiger partial charge is 0.175 e. The lowest BCUT2D eigenvalue weighted by Gasteiger charge is -2.05. The lowest BCUT2D eigenvalue weighted by atomic mass is 10.0. The zero-order chi connectivity index (χ0) is 19.7. The van der Waals surface area contributed by atoms with Crippen molar-refractivity contribution in [1.29, 1.82) is 0 Å². The number of nitrogens with one attached hydrogen (secondary N) is 1. The predicted molar refractivity (Wildman–Crippen MR) is 108 cm³/mol. The van der Waals surface area contributed by atoms with E-state index in [9.17, 15) is 12.8 Å². The van der Waals surface area contributed by atoms with Crippen LogP contribution in [-0.2, 0) is 9.84 Å².